The Hall–Kier alpha value is -1.96. The van der Waals surface area contributed by atoms with Gasteiger partial charge in [-0.15, -0.1) is 0 Å². The average Bonchev–Trinajstić information content (AvgIpc) is 2.30. The molecule has 2 nitrogen and oxygen atoms in total. The van der Waals surface area contributed by atoms with Crippen LogP contribution in [-0.2, 0) is 0 Å². The van der Waals surface area contributed by atoms with Gasteiger partial charge in [-0.05, 0) is 49.6 Å². The van der Waals surface area contributed by atoms with E-state index in [1.807, 2.05) is 19.9 Å². The van der Waals surface area contributed by atoms with Crippen LogP contribution in [0.15, 0.2) is 43.1 Å². The quantitative estimate of drug-likeness (QED) is 0.606. The van der Waals surface area contributed by atoms with Gasteiger partial charge in [0, 0.05) is 17.1 Å². The van der Waals surface area contributed by atoms with Crippen molar-refractivity contribution in [1.82, 2.24) is 0 Å². The van der Waals surface area contributed by atoms with E-state index in [0.717, 1.165) is 28.2 Å². The second-order valence-corrected chi connectivity index (χ2v) is 4.11. The molecule has 0 aliphatic carbocycles. The number of rotatable bonds is 4. The summed E-state index contributed by atoms with van der Waals surface area (Å²) in [7, 11) is 0. The van der Waals surface area contributed by atoms with E-state index in [1.165, 1.54) is 5.56 Å². The Labute approximate surface area is 104 Å². The van der Waals surface area contributed by atoms with E-state index in [2.05, 4.69) is 31.5 Å². The molecule has 0 radical (unpaired) electrons. The predicted octanol–water partition coefficient (Wildman–Crippen LogP) is 3.86. The third kappa shape index (κ3) is 2.78. The van der Waals surface area contributed by atoms with Crippen LogP contribution < -0.4 is 11.1 Å². The standard InChI is InChI=1S/C15H20N2/c1-6-8-13(7-2)17-15-11(4)9-10(3)14(16)12(15)5/h6-9,17H,1-2,16H2,3-5H3/b13-8+. The van der Waals surface area contributed by atoms with E-state index in [4.69, 9.17) is 5.73 Å². The summed E-state index contributed by atoms with van der Waals surface area (Å²) >= 11 is 0. The molecule has 0 saturated heterocycles. The molecule has 1 aromatic rings. The molecule has 0 saturated carbocycles. The van der Waals surface area contributed by atoms with Crippen molar-refractivity contribution in [1.29, 1.82) is 0 Å². The molecule has 0 fully saturated rings. The predicted molar refractivity (Wildman–Crippen MR) is 77.2 cm³/mol. The topological polar surface area (TPSA) is 38.0 Å². The number of nitrogen functional groups attached to an aromatic ring is 1. The van der Waals surface area contributed by atoms with E-state index in [0.29, 0.717) is 0 Å². The van der Waals surface area contributed by atoms with E-state index in [-0.39, 0.29) is 0 Å². The van der Waals surface area contributed by atoms with Gasteiger partial charge in [0.15, 0.2) is 0 Å². The zero-order chi connectivity index (χ0) is 13.0. The number of hydrogen-bond acceptors (Lipinski definition) is 2. The molecule has 0 aliphatic rings. The Morgan fingerprint density at radius 1 is 1.24 bits per heavy atom. The molecule has 1 rings (SSSR count). The van der Waals surface area contributed by atoms with Crippen molar-refractivity contribution < 1.29 is 0 Å². The zero-order valence-electron chi connectivity index (χ0n) is 10.8. The molecule has 17 heavy (non-hydrogen) atoms. The first-order chi connectivity index (χ1) is 8.01. The van der Waals surface area contributed by atoms with Crippen LogP contribution in [0.3, 0.4) is 0 Å². The van der Waals surface area contributed by atoms with Gasteiger partial charge in [-0.25, -0.2) is 0 Å². The summed E-state index contributed by atoms with van der Waals surface area (Å²) in [5.74, 6) is 0. The van der Waals surface area contributed by atoms with Crippen molar-refractivity contribution >= 4 is 11.4 Å². The van der Waals surface area contributed by atoms with Crippen LogP contribution in [0.5, 0.6) is 0 Å². The molecular formula is C15H20N2. The fraction of sp³-hybridized carbons (Fsp3) is 0.200. The average molecular weight is 228 g/mol. The highest BCUT2D eigenvalue weighted by Gasteiger charge is 2.08. The summed E-state index contributed by atoms with van der Waals surface area (Å²) in [5, 5.41) is 3.33. The highest BCUT2D eigenvalue weighted by molar-refractivity contribution is 5.72. The van der Waals surface area contributed by atoms with Crippen molar-refractivity contribution in [2.45, 2.75) is 20.8 Å². The number of nitrogens with one attached hydrogen (secondary N) is 1. The third-order valence-corrected chi connectivity index (χ3v) is 2.82. The fourth-order valence-electron chi connectivity index (χ4n) is 1.83. The summed E-state index contributed by atoms with van der Waals surface area (Å²) in [4.78, 5) is 0. The van der Waals surface area contributed by atoms with Crippen LogP contribution in [0, 0.1) is 20.8 Å². The van der Waals surface area contributed by atoms with Crippen molar-refractivity contribution in [2.75, 3.05) is 11.1 Å². The van der Waals surface area contributed by atoms with Gasteiger partial charge in [0.1, 0.15) is 0 Å². The van der Waals surface area contributed by atoms with E-state index in [9.17, 15) is 0 Å². The van der Waals surface area contributed by atoms with Crippen LogP contribution in [0.25, 0.3) is 0 Å². The Morgan fingerprint density at radius 2 is 1.88 bits per heavy atom. The van der Waals surface area contributed by atoms with Crippen LogP contribution >= 0.6 is 0 Å². The van der Waals surface area contributed by atoms with Gasteiger partial charge in [-0.1, -0.05) is 25.3 Å². The lowest BCUT2D eigenvalue weighted by Crippen LogP contribution is -2.04. The fourth-order valence-corrected chi connectivity index (χ4v) is 1.83. The van der Waals surface area contributed by atoms with Gasteiger partial charge < -0.3 is 11.1 Å². The number of anilines is 2. The molecule has 3 N–H and O–H groups in total. The highest BCUT2D eigenvalue weighted by atomic mass is 14.9. The largest absolute Gasteiger partial charge is 0.398 e. The first-order valence-electron chi connectivity index (χ1n) is 5.59. The van der Waals surface area contributed by atoms with E-state index < -0.39 is 0 Å². The van der Waals surface area contributed by atoms with Crippen molar-refractivity contribution in [2.24, 2.45) is 0 Å². The normalized spacial score (nSPS) is 11.1. The van der Waals surface area contributed by atoms with Gasteiger partial charge in [0.05, 0.1) is 0 Å². The van der Waals surface area contributed by atoms with Crippen molar-refractivity contribution in [3.05, 3.63) is 59.8 Å². The number of aryl methyl sites for hydroxylation is 2. The number of benzene rings is 1. The number of hydrogen-bond donors (Lipinski definition) is 2. The van der Waals surface area contributed by atoms with Gasteiger partial charge in [-0.2, -0.15) is 0 Å². The van der Waals surface area contributed by atoms with Crippen LogP contribution in [0.1, 0.15) is 16.7 Å². The molecule has 0 aliphatic heterocycles. The van der Waals surface area contributed by atoms with Gasteiger partial charge in [-0.3, -0.25) is 0 Å². The lowest BCUT2D eigenvalue weighted by molar-refractivity contribution is 1.30. The van der Waals surface area contributed by atoms with Gasteiger partial charge >= 0.3 is 0 Å². The molecular weight excluding hydrogens is 208 g/mol. The van der Waals surface area contributed by atoms with Crippen LogP contribution in [0.2, 0.25) is 0 Å². The molecule has 0 aromatic heterocycles. The van der Waals surface area contributed by atoms with Crippen molar-refractivity contribution in [3.8, 4) is 0 Å². The minimum Gasteiger partial charge on any atom is -0.398 e. The first kappa shape index (κ1) is 13.1. The number of nitrogens with two attached hydrogens (primary N) is 1. The molecule has 0 heterocycles. The molecule has 0 atom stereocenters. The Kier molecular flexibility index (Phi) is 4.16. The number of allylic oxidation sites excluding steroid dienone is 3. The van der Waals surface area contributed by atoms with Crippen molar-refractivity contribution in [3.63, 3.8) is 0 Å². The maximum atomic E-state index is 6.04. The Bertz CT molecular complexity index is 482. The monoisotopic (exact) mass is 228 g/mol. The van der Waals surface area contributed by atoms with Crippen LogP contribution in [-0.4, -0.2) is 0 Å². The van der Waals surface area contributed by atoms with Gasteiger partial charge in [0.2, 0.25) is 0 Å². The lowest BCUT2D eigenvalue weighted by Gasteiger charge is -2.16. The van der Waals surface area contributed by atoms with Gasteiger partial charge in [0.25, 0.3) is 0 Å². The summed E-state index contributed by atoms with van der Waals surface area (Å²) in [6.07, 6.45) is 5.37. The Morgan fingerprint density at radius 3 is 2.41 bits per heavy atom. The molecule has 0 amide bonds. The summed E-state index contributed by atoms with van der Waals surface area (Å²) in [6.45, 7) is 13.5. The smallest absolute Gasteiger partial charge is 0.0464 e. The summed E-state index contributed by atoms with van der Waals surface area (Å²) in [5.41, 5.74) is 12.2. The summed E-state index contributed by atoms with van der Waals surface area (Å²) in [6, 6.07) is 2.08. The van der Waals surface area contributed by atoms with Crippen LogP contribution in [0.4, 0.5) is 11.4 Å². The SMILES string of the molecule is C=C/C=C(\C=C)Nc1c(C)cc(C)c(N)c1C. The second kappa shape index (κ2) is 5.39. The van der Waals surface area contributed by atoms with E-state index in [1.54, 1.807) is 12.2 Å². The molecule has 2 heteroatoms. The maximum absolute atomic E-state index is 6.04. The summed E-state index contributed by atoms with van der Waals surface area (Å²) < 4.78 is 0. The third-order valence-electron chi connectivity index (χ3n) is 2.82. The zero-order valence-corrected chi connectivity index (χ0v) is 10.8. The molecule has 0 bridgehead atoms. The molecule has 0 unspecified atom stereocenters. The highest BCUT2D eigenvalue weighted by Crippen LogP contribution is 2.29. The maximum Gasteiger partial charge on any atom is 0.0464 e. The Balaban J connectivity index is 3.23. The molecule has 0 spiro atoms. The lowest BCUT2D eigenvalue weighted by atomic mass is 10.0. The second-order valence-electron chi connectivity index (χ2n) is 4.11. The minimum atomic E-state index is 0.833. The van der Waals surface area contributed by atoms with E-state index >= 15 is 0 Å². The molecule has 90 valence electrons. The minimum absolute atomic E-state index is 0.833. The first-order valence-corrected chi connectivity index (χ1v) is 5.59. The molecule has 1 aromatic carbocycles.